The van der Waals surface area contributed by atoms with Crippen LogP contribution >= 0.6 is 0 Å². The fraction of sp³-hybridized carbons (Fsp3) is 0.840. The van der Waals surface area contributed by atoms with Gasteiger partial charge in [-0.2, -0.15) is 0 Å². The van der Waals surface area contributed by atoms with E-state index in [2.05, 4.69) is 25.0 Å². The van der Waals surface area contributed by atoms with Crippen molar-refractivity contribution in [1.29, 1.82) is 0 Å². The van der Waals surface area contributed by atoms with E-state index in [9.17, 15) is 19.2 Å². The molecule has 3 amide bonds. The van der Waals surface area contributed by atoms with E-state index in [4.69, 9.17) is 10.5 Å². The number of esters is 1. The van der Waals surface area contributed by atoms with Crippen LogP contribution in [0.1, 0.15) is 53.9 Å². The van der Waals surface area contributed by atoms with E-state index in [-0.39, 0.29) is 48.5 Å². The first kappa shape index (κ1) is 33.1. The lowest BCUT2D eigenvalue weighted by molar-refractivity contribution is -0.150. The molecule has 0 saturated carbocycles. The fourth-order valence-electron chi connectivity index (χ4n) is 3.44. The maximum absolute atomic E-state index is 13.4. The summed E-state index contributed by atoms with van der Waals surface area (Å²) in [5.41, 5.74) is 6.15. The molecule has 204 valence electrons. The molecule has 0 bridgehead atoms. The van der Waals surface area contributed by atoms with Crippen LogP contribution in [0.5, 0.6) is 0 Å². The highest BCUT2D eigenvalue weighted by Crippen LogP contribution is 2.19. The maximum atomic E-state index is 13.4. The van der Waals surface area contributed by atoms with Gasteiger partial charge in [-0.1, -0.05) is 60.2 Å². The van der Waals surface area contributed by atoms with E-state index in [1.165, 1.54) is 9.80 Å². The zero-order valence-corrected chi connectivity index (χ0v) is 24.6. The Morgan fingerprint density at radius 3 is 1.94 bits per heavy atom. The lowest BCUT2D eigenvalue weighted by atomic mass is 9.93. The van der Waals surface area contributed by atoms with Crippen molar-refractivity contribution in [2.45, 2.75) is 97.7 Å². The fourth-order valence-corrected chi connectivity index (χ4v) is 4.15. The summed E-state index contributed by atoms with van der Waals surface area (Å²) in [5.74, 6) is -1.46. The Bertz CT molecular complexity index is 712. The van der Waals surface area contributed by atoms with Crippen LogP contribution in [0.3, 0.4) is 0 Å². The molecule has 0 fully saturated rings. The number of hydrogen-bond acceptors (Lipinski definition) is 6. The zero-order valence-electron chi connectivity index (χ0n) is 23.6. The first-order valence-electron chi connectivity index (χ1n) is 12.8. The van der Waals surface area contributed by atoms with Crippen molar-refractivity contribution in [1.82, 2.24) is 15.1 Å². The summed E-state index contributed by atoms with van der Waals surface area (Å²) in [7, 11) is 1.88. The van der Waals surface area contributed by atoms with Gasteiger partial charge in [0.2, 0.25) is 17.7 Å². The number of carbonyl (C=O) groups is 4. The Balaban J connectivity index is 5.08. The number of ether oxygens (including phenoxy) is 1. The molecule has 0 radical (unpaired) electrons. The number of likely N-dealkylation sites (N-methyl/N-ethyl adjacent to an activating group) is 2. The molecule has 0 aromatic carbocycles. The van der Waals surface area contributed by atoms with Crippen molar-refractivity contribution >= 4 is 31.8 Å². The predicted molar refractivity (Wildman–Crippen MR) is 142 cm³/mol. The topological polar surface area (TPSA) is 122 Å². The minimum absolute atomic E-state index is 0.0118. The summed E-state index contributed by atoms with van der Waals surface area (Å²) < 4.78 is 5.24. The average molecular weight is 515 g/mol. The van der Waals surface area contributed by atoms with Crippen LogP contribution in [0.4, 0.5) is 0 Å². The van der Waals surface area contributed by atoms with Crippen LogP contribution in [-0.2, 0) is 23.9 Å². The Kier molecular flexibility index (Phi) is 14.4. The van der Waals surface area contributed by atoms with Crippen molar-refractivity contribution in [3.8, 4) is 0 Å². The number of nitrogens with one attached hydrogen (secondary N) is 1. The van der Waals surface area contributed by atoms with Gasteiger partial charge in [0, 0.05) is 28.7 Å². The van der Waals surface area contributed by atoms with Crippen molar-refractivity contribution in [3.05, 3.63) is 0 Å². The van der Waals surface area contributed by atoms with Crippen LogP contribution in [0, 0.1) is 11.8 Å². The monoisotopic (exact) mass is 514 g/mol. The van der Waals surface area contributed by atoms with Crippen LogP contribution in [0.15, 0.2) is 0 Å². The third kappa shape index (κ3) is 11.1. The van der Waals surface area contributed by atoms with E-state index in [1.807, 2.05) is 27.7 Å². The Labute approximate surface area is 213 Å². The normalized spacial score (nSPS) is 15.9. The summed E-state index contributed by atoms with van der Waals surface area (Å²) in [6.45, 7) is 16.5. The van der Waals surface area contributed by atoms with Crippen molar-refractivity contribution in [2.75, 3.05) is 27.2 Å². The van der Waals surface area contributed by atoms with Gasteiger partial charge in [-0.3, -0.25) is 19.2 Å². The summed E-state index contributed by atoms with van der Waals surface area (Å²) in [4.78, 5) is 53.8. The van der Waals surface area contributed by atoms with Gasteiger partial charge in [-0.15, -0.1) is 0 Å². The number of amides is 3. The first-order valence-corrected chi connectivity index (χ1v) is 16.5. The second-order valence-electron chi connectivity index (χ2n) is 10.9. The molecule has 0 saturated heterocycles. The molecule has 3 N–H and O–H groups in total. The highest BCUT2D eigenvalue weighted by atomic mass is 28.3. The van der Waals surface area contributed by atoms with E-state index >= 15 is 0 Å². The molecule has 0 heterocycles. The van der Waals surface area contributed by atoms with E-state index in [0.29, 0.717) is 13.0 Å². The predicted octanol–water partition coefficient (Wildman–Crippen LogP) is 2.47. The number of carbonyl (C=O) groups excluding carboxylic acids is 4. The van der Waals surface area contributed by atoms with E-state index in [1.54, 1.807) is 21.0 Å². The Morgan fingerprint density at radius 2 is 1.46 bits per heavy atom. The highest BCUT2D eigenvalue weighted by molar-refractivity contribution is 6.76. The molecule has 0 aliphatic heterocycles. The standard InChI is InChI=1S/C25H50N4O5Si/c1-11-17(3)21(26)24(32)29(7)22(18(4)12-2)25(33)28(6)19(5)23(31)27-14-13-20(30)34-15-16-35(8,9)10/h17-19,21-22H,11-16,26H2,1-10H3,(H,27,31)/t17-,18-,19-,21-,22-/m0/s1. The van der Waals surface area contributed by atoms with Gasteiger partial charge in [0.1, 0.15) is 12.1 Å². The van der Waals surface area contributed by atoms with E-state index in [0.717, 1.165) is 12.5 Å². The second-order valence-corrected chi connectivity index (χ2v) is 16.5. The van der Waals surface area contributed by atoms with Crippen LogP contribution in [0.25, 0.3) is 0 Å². The number of nitrogens with two attached hydrogens (primary N) is 1. The van der Waals surface area contributed by atoms with Crippen LogP contribution in [-0.4, -0.2) is 86.9 Å². The van der Waals surface area contributed by atoms with Gasteiger partial charge in [-0.25, -0.2) is 0 Å². The summed E-state index contributed by atoms with van der Waals surface area (Å²) in [5, 5.41) is 2.71. The molecule has 0 aliphatic rings. The van der Waals surface area contributed by atoms with Gasteiger partial charge in [-0.05, 0) is 24.8 Å². The highest BCUT2D eigenvalue weighted by Gasteiger charge is 2.37. The van der Waals surface area contributed by atoms with Crippen molar-refractivity contribution in [2.24, 2.45) is 17.6 Å². The number of hydrogen-bond donors (Lipinski definition) is 2. The Morgan fingerprint density at radius 1 is 0.914 bits per heavy atom. The molecule has 0 aliphatic carbocycles. The second kappa shape index (κ2) is 15.2. The molecular formula is C25H50N4O5Si. The summed E-state index contributed by atoms with van der Waals surface area (Å²) >= 11 is 0. The third-order valence-electron chi connectivity index (χ3n) is 6.79. The smallest absolute Gasteiger partial charge is 0.307 e. The molecule has 0 aromatic rings. The van der Waals surface area contributed by atoms with Crippen LogP contribution < -0.4 is 11.1 Å². The minimum atomic E-state index is -1.28. The molecular weight excluding hydrogens is 464 g/mol. The minimum Gasteiger partial charge on any atom is -0.466 e. The van der Waals surface area contributed by atoms with Crippen molar-refractivity contribution in [3.63, 3.8) is 0 Å². The Hall–Kier alpha value is -1.94. The summed E-state index contributed by atoms with van der Waals surface area (Å²) in [6.07, 6.45) is 1.51. The molecule has 9 nitrogen and oxygen atoms in total. The van der Waals surface area contributed by atoms with Gasteiger partial charge in [0.05, 0.1) is 19.1 Å². The quantitative estimate of drug-likeness (QED) is 0.256. The lowest BCUT2D eigenvalue weighted by Crippen LogP contribution is -2.58. The maximum Gasteiger partial charge on any atom is 0.307 e. The average Bonchev–Trinajstić information content (AvgIpc) is 2.80. The van der Waals surface area contributed by atoms with Crippen LogP contribution in [0.2, 0.25) is 25.7 Å². The van der Waals surface area contributed by atoms with Gasteiger partial charge >= 0.3 is 5.97 Å². The molecule has 0 rings (SSSR count). The van der Waals surface area contributed by atoms with Gasteiger partial charge in [0.25, 0.3) is 0 Å². The molecule has 0 spiro atoms. The summed E-state index contributed by atoms with van der Waals surface area (Å²) in [6, 6.07) is -1.31. The largest absolute Gasteiger partial charge is 0.466 e. The van der Waals surface area contributed by atoms with Gasteiger partial charge in [0.15, 0.2) is 0 Å². The molecule has 10 heteroatoms. The third-order valence-corrected chi connectivity index (χ3v) is 8.50. The molecule has 35 heavy (non-hydrogen) atoms. The SMILES string of the molecule is CC[C@H](C)[C@H](N)C(=O)N(C)[C@H](C(=O)N(C)[C@@H](C)C(=O)NCCC(=O)OCC[Si](C)(C)C)[C@@H](C)CC. The van der Waals surface area contributed by atoms with E-state index < -0.39 is 26.2 Å². The molecule has 0 aromatic heterocycles. The molecule has 0 unspecified atom stereocenters. The first-order chi connectivity index (χ1) is 16.1. The number of nitrogens with zero attached hydrogens (tertiary/aromatic N) is 2. The lowest BCUT2D eigenvalue weighted by Gasteiger charge is -2.37. The molecule has 5 atom stereocenters. The van der Waals surface area contributed by atoms with Crippen molar-refractivity contribution < 1.29 is 23.9 Å². The number of rotatable bonds is 15. The zero-order chi connectivity index (χ0) is 27.5. The van der Waals surface area contributed by atoms with Gasteiger partial charge < -0.3 is 25.6 Å².